The van der Waals surface area contributed by atoms with Gasteiger partial charge in [0.15, 0.2) is 0 Å². The number of aromatic nitrogens is 4. The molecule has 9 aromatic rings. The molecular weight excluding hydrogens is 560 g/mol. The van der Waals surface area contributed by atoms with Crippen molar-refractivity contribution in [2.24, 2.45) is 0 Å². The van der Waals surface area contributed by atoms with Gasteiger partial charge in [-0.05, 0) is 69.1 Å². The van der Waals surface area contributed by atoms with Crippen LogP contribution in [0, 0.1) is 0 Å². The summed E-state index contributed by atoms with van der Waals surface area (Å²) in [6, 6.07) is 46.9. The van der Waals surface area contributed by atoms with E-state index in [1.807, 2.05) is 42.7 Å². The number of nitrogens with zero attached hydrogens (tertiary/aromatic N) is 4. The molecule has 0 atom stereocenters. The Hall–Kier alpha value is -6.26. The summed E-state index contributed by atoms with van der Waals surface area (Å²) in [5.74, 6) is 0. The lowest BCUT2D eigenvalue weighted by Gasteiger charge is -2.20. The molecule has 4 heteroatoms. The molecule has 1 aliphatic rings. The first-order valence-corrected chi connectivity index (χ1v) is 15.5. The minimum atomic E-state index is 0.851. The summed E-state index contributed by atoms with van der Waals surface area (Å²) in [5, 5.41) is 6.95. The van der Waals surface area contributed by atoms with Gasteiger partial charge in [0.2, 0.25) is 0 Å². The van der Waals surface area contributed by atoms with Gasteiger partial charge >= 0.3 is 0 Å². The van der Waals surface area contributed by atoms with Gasteiger partial charge in [0.1, 0.15) is 0 Å². The van der Waals surface area contributed by atoms with Crippen molar-refractivity contribution in [2.75, 3.05) is 0 Å². The van der Waals surface area contributed by atoms with Crippen LogP contribution >= 0.6 is 0 Å². The van der Waals surface area contributed by atoms with Gasteiger partial charge in [0.05, 0.1) is 33.8 Å². The van der Waals surface area contributed by atoms with E-state index in [0.29, 0.717) is 0 Å². The summed E-state index contributed by atoms with van der Waals surface area (Å²) >= 11 is 0. The molecular formula is C42H24N4. The third-order valence-electron chi connectivity index (χ3n) is 9.28. The van der Waals surface area contributed by atoms with E-state index < -0.39 is 0 Å². The van der Waals surface area contributed by atoms with E-state index in [4.69, 9.17) is 15.0 Å². The predicted octanol–water partition coefficient (Wildman–Crippen LogP) is 10.5. The van der Waals surface area contributed by atoms with Crippen LogP contribution in [0.1, 0.15) is 0 Å². The van der Waals surface area contributed by atoms with Crippen molar-refractivity contribution in [2.45, 2.75) is 0 Å². The van der Waals surface area contributed by atoms with E-state index in [1.54, 1.807) is 0 Å². The summed E-state index contributed by atoms with van der Waals surface area (Å²) in [4.78, 5) is 20.0. The van der Waals surface area contributed by atoms with Gasteiger partial charge in [-0.3, -0.25) is 9.97 Å². The average molecular weight is 585 g/mol. The van der Waals surface area contributed by atoms with Crippen LogP contribution in [-0.4, -0.2) is 19.9 Å². The summed E-state index contributed by atoms with van der Waals surface area (Å²) < 4.78 is 0. The third kappa shape index (κ3) is 3.55. The molecule has 0 unspecified atom stereocenters. The average Bonchev–Trinajstić information content (AvgIpc) is 3.46. The van der Waals surface area contributed by atoms with E-state index in [-0.39, 0.29) is 0 Å². The Morgan fingerprint density at radius 3 is 1.65 bits per heavy atom. The van der Waals surface area contributed by atoms with Crippen molar-refractivity contribution in [3.8, 4) is 56.2 Å². The minimum absolute atomic E-state index is 0.851. The van der Waals surface area contributed by atoms with E-state index in [1.165, 1.54) is 33.0 Å². The smallest absolute Gasteiger partial charge is 0.0972 e. The quantitative estimate of drug-likeness (QED) is 0.194. The molecule has 212 valence electrons. The van der Waals surface area contributed by atoms with Crippen LogP contribution in [0.5, 0.6) is 0 Å². The lowest BCUT2D eigenvalue weighted by molar-refractivity contribution is 1.25. The van der Waals surface area contributed by atoms with Crippen molar-refractivity contribution < 1.29 is 0 Å². The fraction of sp³-hybridized carbons (Fsp3) is 0. The molecule has 0 saturated heterocycles. The first-order valence-electron chi connectivity index (χ1n) is 15.5. The Bertz CT molecular complexity index is 2690. The van der Waals surface area contributed by atoms with Gasteiger partial charge in [-0.25, -0.2) is 9.97 Å². The summed E-state index contributed by atoms with van der Waals surface area (Å²) in [7, 11) is 0. The highest BCUT2D eigenvalue weighted by molar-refractivity contribution is 6.27. The van der Waals surface area contributed by atoms with Gasteiger partial charge < -0.3 is 0 Å². The van der Waals surface area contributed by atoms with E-state index >= 15 is 0 Å². The molecule has 46 heavy (non-hydrogen) atoms. The Kier molecular flexibility index (Phi) is 5.25. The second kappa shape index (κ2) is 9.62. The first kappa shape index (κ1) is 25.1. The molecule has 0 radical (unpaired) electrons. The highest BCUT2D eigenvalue weighted by Gasteiger charge is 2.31. The van der Waals surface area contributed by atoms with Crippen molar-refractivity contribution in [3.05, 3.63) is 146 Å². The molecule has 1 aliphatic carbocycles. The van der Waals surface area contributed by atoms with Crippen molar-refractivity contribution in [1.29, 1.82) is 0 Å². The number of pyridine rings is 4. The standard InChI is InChI=1S/C42H24N4/c1-2-13-29-28(12-1)37(34-18-7-17-33(45-34)32-16-3-4-23-43-32)39-30-14-5-9-25-10-6-15-31(36(25)30)40(39)38(29)35-22-21-27-20-19-26-11-8-24-44-41(26)42(27)46-35/h1-24H. The second-order valence-corrected chi connectivity index (χ2v) is 11.8. The molecule has 10 rings (SSSR count). The molecule has 0 spiro atoms. The van der Waals surface area contributed by atoms with Gasteiger partial charge in [0.25, 0.3) is 0 Å². The minimum Gasteiger partial charge on any atom is -0.255 e. The summed E-state index contributed by atoms with van der Waals surface area (Å²) in [5.41, 5.74) is 12.5. The number of hydrogen-bond donors (Lipinski definition) is 0. The maximum absolute atomic E-state index is 5.40. The molecule has 4 heterocycles. The van der Waals surface area contributed by atoms with Crippen LogP contribution in [0.15, 0.2) is 146 Å². The molecule has 4 nitrogen and oxygen atoms in total. The second-order valence-electron chi connectivity index (χ2n) is 11.8. The number of benzene rings is 5. The monoisotopic (exact) mass is 584 g/mol. The molecule has 4 aromatic heterocycles. The fourth-order valence-electron chi connectivity index (χ4n) is 7.36. The van der Waals surface area contributed by atoms with E-state index in [2.05, 4.69) is 108 Å². The molecule has 0 N–H and O–H groups in total. The molecule has 0 bridgehead atoms. The zero-order valence-corrected chi connectivity index (χ0v) is 24.6. The number of fused-ring (bicyclic) bond motifs is 7. The van der Waals surface area contributed by atoms with Crippen LogP contribution in [0.4, 0.5) is 0 Å². The van der Waals surface area contributed by atoms with Crippen LogP contribution in [0.25, 0.3) is 99.5 Å². The van der Waals surface area contributed by atoms with Gasteiger partial charge in [-0.2, -0.15) is 0 Å². The number of hydrogen-bond acceptors (Lipinski definition) is 4. The molecule has 5 aromatic carbocycles. The Balaban J connectivity index is 1.36. The first-order chi connectivity index (χ1) is 22.8. The summed E-state index contributed by atoms with van der Waals surface area (Å²) in [6.07, 6.45) is 3.67. The molecule has 0 fully saturated rings. The largest absolute Gasteiger partial charge is 0.255 e. The van der Waals surface area contributed by atoms with Crippen LogP contribution in [0.2, 0.25) is 0 Å². The summed E-state index contributed by atoms with van der Waals surface area (Å²) in [6.45, 7) is 0. The maximum Gasteiger partial charge on any atom is 0.0972 e. The molecule has 0 amide bonds. The van der Waals surface area contributed by atoms with Crippen molar-refractivity contribution >= 4 is 43.4 Å². The van der Waals surface area contributed by atoms with Gasteiger partial charge in [0, 0.05) is 45.4 Å². The zero-order valence-electron chi connectivity index (χ0n) is 24.6. The Morgan fingerprint density at radius 2 is 0.913 bits per heavy atom. The van der Waals surface area contributed by atoms with Gasteiger partial charge in [-0.15, -0.1) is 0 Å². The van der Waals surface area contributed by atoms with Crippen LogP contribution in [0.3, 0.4) is 0 Å². The lowest BCUT2D eigenvalue weighted by Crippen LogP contribution is -1.97. The predicted molar refractivity (Wildman–Crippen MR) is 188 cm³/mol. The highest BCUT2D eigenvalue weighted by atomic mass is 14.8. The zero-order chi connectivity index (χ0) is 30.2. The van der Waals surface area contributed by atoms with E-state index in [0.717, 1.165) is 66.5 Å². The van der Waals surface area contributed by atoms with Crippen molar-refractivity contribution in [1.82, 2.24) is 19.9 Å². The van der Waals surface area contributed by atoms with Crippen LogP contribution < -0.4 is 0 Å². The van der Waals surface area contributed by atoms with Crippen molar-refractivity contribution in [3.63, 3.8) is 0 Å². The lowest BCUT2D eigenvalue weighted by atomic mass is 9.84. The van der Waals surface area contributed by atoms with Crippen LogP contribution in [-0.2, 0) is 0 Å². The molecule has 0 aliphatic heterocycles. The highest BCUT2D eigenvalue weighted by Crippen LogP contribution is 2.57. The Labute approximate surface area is 264 Å². The van der Waals surface area contributed by atoms with Gasteiger partial charge in [-0.1, -0.05) is 97.1 Å². The molecule has 0 saturated carbocycles. The number of rotatable bonds is 3. The fourth-order valence-corrected chi connectivity index (χ4v) is 7.36. The SMILES string of the molecule is c1ccc(-c2cccc(-c3c4c(c(-c5ccc6ccc7cccnc7c6n5)c5ccccc35)-c3cccc5cccc-4c35)n2)nc1. The topological polar surface area (TPSA) is 51.6 Å². The Morgan fingerprint density at radius 1 is 0.326 bits per heavy atom. The third-order valence-corrected chi connectivity index (χ3v) is 9.28. The van der Waals surface area contributed by atoms with E-state index in [9.17, 15) is 0 Å². The maximum atomic E-state index is 5.40. The normalized spacial score (nSPS) is 11.9.